The Hall–Kier alpha value is -1.14. The Labute approximate surface area is 124 Å². The fourth-order valence-electron chi connectivity index (χ4n) is 3.21. The summed E-state index contributed by atoms with van der Waals surface area (Å²) in [6.07, 6.45) is 2.31. The summed E-state index contributed by atoms with van der Waals surface area (Å²) in [7, 11) is -0.999. The molecule has 3 heterocycles. The van der Waals surface area contributed by atoms with Crippen molar-refractivity contribution >= 4 is 35.7 Å². The average Bonchev–Trinajstić information content (AvgIpc) is 2.85. The Morgan fingerprint density at radius 2 is 2.10 bits per heavy atom. The summed E-state index contributed by atoms with van der Waals surface area (Å²) >= 11 is 1.64. The number of fused-ring (bicyclic) bond motifs is 1. The third kappa shape index (κ3) is 2.31. The van der Waals surface area contributed by atoms with E-state index in [2.05, 4.69) is 22.6 Å². The predicted molar refractivity (Wildman–Crippen MR) is 86.2 cm³/mol. The molecule has 3 rings (SSSR count). The summed E-state index contributed by atoms with van der Waals surface area (Å²) in [6.45, 7) is 6.92. The van der Waals surface area contributed by atoms with Crippen LogP contribution in [0.4, 0.5) is 0 Å². The fourth-order valence-corrected chi connectivity index (χ4v) is 6.54. The van der Waals surface area contributed by atoms with Gasteiger partial charge in [-0.25, -0.2) is 4.98 Å². The van der Waals surface area contributed by atoms with Gasteiger partial charge in [0.1, 0.15) is 5.69 Å². The predicted octanol–water partition coefficient (Wildman–Crippen LogP) is 3.55. The second-order valence-corrected chi connectivity index (χ2v) is 13.1. The van der Waals surface area contributed by atoms with Gasteiger partial charge in [-0.3, -0.25) is 4.79 Å². The molecule has 20 heavy (non-hydrogen) atoms. The van der Waals surface area contributed by atoms with E-state index in [0.717, 1.165) is 28.2 Å². The van der Waals surface area contributed by atoms with Gasteiger partial charge in [0.05, 0.1) is 9.71 Å². The van der Waals surface area contributed by atoms with Gasteiger partial charge in [-0.15, -0.1) is 11.3 Å². The molecule has 0 atom stereocenters. The Bertz CT molecular complexity index is 663. The van der Waals surface area contributed by atoms with Gasteiger partial charge in [0.2, 0.25) is 0 Å². The fraction of sp³-hybridized carbons (Fsp3) is 0.571. The van der Waals surface area contributed by atoms with Crippen molar-refractivity contribution in [3.63, 3.8) is 0 Å². The Morgan fingerprint density at radius 3 is 2.70 bits per heavy atom. The topological polar surface area (TPSA) is 60.9 Å². The van der Waals surface area contributed by atoms with E-state index in [1.807, 2.05) is 13.0 Å². The van der Waals surface area contributed by atoms with Gasteiger partial charge < -0.3 is 10.3 Å². The number of carbonyl (C=O) groups is 1. The number of amides is 1. The van der Waals surface area contributed by atoms with Crippen molar-refractivity contribution in [3.8, 4) is 0 Å². The van der Waals surface area contributed by atoms with Gasteiger partial charge in [-0.2, -0.15) is 0 Å². The molecule has 0 aliphatic carbocycles. The molecule has 6 heteroatoms. The van der Waals surface area contributed by atoms with Crippen LogP contribution in [-0.2, 0) is 0 Å². The lowest BCUT2D eigenvalue weighted by molar-refractivity contribution is 0.0989. The van der Waals surface area contributed by atoms with E-state index in [-0.39, 0.29) is 5.91 Å². The van der Waals surface area contributed by atoms with Crippen molar-refractivity contribution in [2.75, 3.05) is 0 Å². The van der Waals surface area contributed by atoms with Crippen LogP contribution < -0.4 is 5.73 Å². The summed E-state index contributed by atoms with van der Waals surface area (Å²) in [5.41, 5.74) is 7.14. The first kappa shape index (κ1) is 13.8. The zero-order valence-electron chi connectivity index (χ0n) is 12.3. The molecular formula is C14H21N3OSSi. The minimum atomic E-state index is -0.999. The summed E-state index contributed by atoms with van der Waals surface area (Å²) in [6, 6.07) is 4.94. The molecule has 108 valence electrons. The number of hydrogen-bond acceptors (Lipinski definition) is 3. The lowest BCUT2D eigenvalue weighted by Gasteiger charge is -2.34. The van der Waals surface area contributed by atoms with Gasteiger partial charge in [0, 0.05) is 14.1 Å². The molecule has 0 aromatic carbocycles. The highest BCUT2D eigenvalue weighted by molar-refractivity contribution is 7.18. The van der Waals surface area contributed by atoms with Crippen LogP contribution in [0.15, 0.2) is 6.07 Å². The molecule has 0 saturated carbocycles. The SMILES string of the molecule is Cc1nc2c(cc(C(N)=O)n2C2CC[Si](C)(C)CC2)s1. The van der Waals surface area contributed by atoms with Gasteiger partial charge in [-0.05, 0) is 25.8 Å². The minimum Gasteiger partial charge on any atom is -0.364 e. The third-order valence-corrected chi connectivity index (χ3v) is 8.61. The molecule has 0 radical (unpaired) electrons. The van der Waals surface area contributed by atoms with Gasteiger partial charge in [0.15, 0.2) is 5.65 Å². The Kier molecular flexibility index (Phi) is 3.25. The summed E-state index contributed by atoms with van der Waals surface area (Å²) in [4.78, 5) is 16.3. The van der Waals surface area contributed by atoms with Crippen LogP contribution in [0.2, 0.25) is 25.2 Å². The first-order valence-corrected chi connectivity index (χ1v) is 11.4. The van der Waals surface area contributed by atoms with E-state index in [4.69, 9.17) is 5.73 Å². The van der Waals surface area contributed by atoms with E-state index in [9.17, 15) is 4.79 Å². The molecule has 4 nitrogen and oxygen atoms in total. The second kappa shape index (κ2) is 4.70. The van der Waals surface area contributed by atoms with Crippen LogP contribution in [0, 0.1) is 6.92 Å². The van der Waals surface area contributed by atoms with Gasteiger partial charge in [0.25, 0.3) is 5.91 Å². The molecule has 1 amide bonds. The van der Waals surface area contributed by atoms with E-state index >= 15 is 0 Å². The number of primary amides is 1. The molecule has 2 aromatic heterocycles. The first-order valence-electron chi connectivity index (χ1n) is 7.15. The smallest absolute Gasteiger partial charge is 0.265 e. The third-order valence-electron chi connectivity index (χ3n) is 4.42. The Balaban J connectivity index is 2.04. The largest absolute Gasteiger partial charge is 0.364 e. The molecule has 1 saturated heterocycles. The number of aromatic nitrogens is 2. The number of nitrogens with two attached hydrogens (primary N) is 1. The lowest BCUT2D eigenvalue weighted by Crippen LogP contribution is -2.33. The normalized spacial score (nSPS) is 19.6. The maximum Gasteiger partial charge on any atom is 0.265 e. The van der Waals surface area contributed by atoms with E-state index in [0.29, 0.717) is 11.7 Å². The molecule has 1 fully saturated rings. The molecule has 1 aliphatic rings. The standard InChI is InChI=1S/C14H21N3OSSi/c1-9-16-14-12(19-9)8-11(13(15)18)17(14)10-4-6-20(2,3)7-5-10/h8,10H,4-7H2,1-3H3,(H2,15,18). The van der Waals surface area contributed by atoms with Crippen LogP contribution in [-0.4, -0.2) is 23.5 Å². The molecular weight excluding hydrogens is 286 g/mol. The number of rotatable bonds is 2. The summed E-state index contributed by atoms with van der Waals surface area (Å²) < 4.78 is 3.20. The van der Waals surface area contributed by atoms with Crippen molar-refractivity contribution in [3.05, 3.63) is 16.8 Å². The maximum atomic E-state index is 11.7. The minimum absolute atomic E-state index is 0.338. The quantitative estimate of drug-likeness (QED) is 0.862. The van der Waals surface area contributed by atoms with Crippen LogP contribution in [0.5, 0.6) is 0 Å². The van der Waals surface area contributed by atoms with Crippen molar-refractivity contribution in [2.45, 2.75) is 51.0 Å². The highest BCUT2D eigenvalue weighted by Crippen LogP contribution is 2.39. The van der Waals surface area contributed by atoms with E-state index in [1.165, 1.54) is 12.1 Å². The average molecular weight is 307 g/mol. The van der Waals surface area contributed by atoms with Crippen molar-refractivity contribution in [1.29, 1.82) is 0 Å². The zero-order valence-corrected chi connectivity index (χ0v) is 14.1. The molecule has 1 aliphatic heterocycles. The summed E-state index contributed by atoms with van der Waals surface area (Å²) in [5, 5.41) is 1.05. The number of aryl methyl sites for hydroxylation is 1. The van der Waals surface area contributed by atoms with E-state index in [1.54, 1.807) is 11.3 Å². The van der Waals surface area contributed by atoms with Crippen LogP contribution in [0.25, 0.3) is 10.3 Å². The number of carbonyl (C=O) groups excluding carboxylic acids is 1. The van der Waals surface area contributed by atoms with Crippen LogP contribution >= 0.6 is 11.3 Å². The van der Waals surface area contributed by atoms with Crippen molar-refractivity contribution < 1.29 is 4.79 Å². The van der Waals surface area contributed by atoms with Gasteiger partial charge in [-0.1, -0.05) is 25.2 Å². The second-order valence-electron chi connectivity index (χ2n) is 6.58. The first-order chi connectivity index (χ1) is 9.37. The van der Waals surface area contributed by atoms with Crippen LogP contribution in [0.3, 0.4) is 0 Å². The highest BCUT2D eigenvalue weighted by atomic mass is 32.1. The summed E-state index contributed by atoms with van der Waals surface area (Å²) in [5.74, 6) is -0.338. The lowest BCUT2D eigenvalue weighted by atomic mass is 10.1. The molecule has 2 aromatic rings. The molecule has 0 unspecified atom stereocenters. The van der Waals surface area contributed by atoms with Crippen LogP contribution in [0.1, 0.15) is 34.4 Å². The van der Waals surface area contributed by atoms with Crippen molar-refractivity contribution in [1.82, 2.24) is 9.55 Å². The molecule has 0 spiro atoms. The zero-order chi connectivity index (χ0) is 14.5. The Morgan fingerprint density at radius 1 is 1.45 bits per heavy atom. The maximum absolute atomic E-state index is 11.7. The van der Waals surface area contributed by atoms with Gasteiger partial charge >= 0.3 is 0 Å². The van der Waals surface area contributed by atoms with Crippen molar-refractivity contribution in [2.24, 2.45) is 5.73 Å². The number of nitrogens with zero attached hydrogens (tertiary/aromatic N) is 2. The monoisotopic (exact) mass is 307 g/mol. The highest BCUT2D eigenvalue weighted by Gasteiger charge is 2.32. The number of hydrogen-bond donors (Lipinski definition) is 1. The molecule has 2 N–H and O–H groups in total. The van der Waals surface area contributed by atoms with E-state index < -0.39 is 8.07 Å². The molecule has 0 bridgehead atoms. The number of thiazole rings is 1.